The standard InChI is InChI=1S/C18H17F3N6O3/c19-18(20,21)11-3-1-10(2-4-11)14-8-24-17(30-14)25-15-6-5-13(26-27-15)16(29)23-7-12(22)9-28/h1-6,8,12,28H,7,9,22H2,(H,23,29)(H,24,25,27)/t12-/m1/s1. The summed E-state index contributed by atoms with van der Waals surface area (Å²) in [5, 5.41) is 21.7. The molecule has 0 aliphatic carbocycles. The number of alkyl halides is 3. The van der Waals surface area contributed by atoms with Gasteiger partial charge in [-0.05, 0) is 24.3 Å². The molecule has 12 heteroatoms. The number of hydrogen-bond acceptors (Lipinski definition) is 8. The van der Waals surface area contributed by atoms with Crippen LogP contribution >= 0.6 is 0 Å². The van der Waals surface area contributed by atoms with Crippen molar-refractivity contribution in [2.24, 2.45) is 5.73 Å². The lowest BCUT2D eigenvalue weighted by molar-refractivity contribution is -0.137. The van der Waals surface area contributed by atoms with Gasteiger partial charge in [0.05, 0.1) is 18.4 Å². The van der Waals surface area contributed by atoms with E-state index in [4.69, 9.17) is 15.3 Å². The largest absolute Gasteiger partial charge is 0.423 e. The normalized spacial score (nSPS) is 12.4. The summed E-state index contributed by atoms with van der Waals surface area (Å²) in [5.74, 6) is -0.00602. The summed E-state index contributed by atoms with van der Waals surface area (Å²) in [5.41, 5.74) is 5.20. The van der Waals surface area contributed by atoms with Gasteiger partial charge in [-0.1, -0.05) is 12.1 Å². The first-order valence-corrected chi connectivity index (χ1v) is 8.65. The van der Waals surface area contributed by atoms with Crippen molar-refractivity contribution in [3.63, 3.8) is 0 Å². The van der Waals surface area contributed by atoms with E-state index in [0.29, 0.717) is 5.56 Å². The molecule has 1 amide bonds. The van der Waals surface area contributed by atoms with Gasteiger partial charge >= 0.3 is 12.2 Å². The van der Waals surface area contributed by atoms with Gasteiger partial charge < -0.3 is 20.6 Å². The molecule has 9 nitrogen and oxygen atoms in total. The number of aliphatic hydroxyl groups is 1. The third-order valence-corrected chi connectivity index (χ3v) is 3.89. The number of carbonyl (C=O) groups is 1. The molecule has 2 aromatic heterocycles. The molecule has 3 aromatic rings. The molecule has 0 radical (unpaired) electrons. The van der Waals surface area contributed by atoms with E-state index in [2.05, 4.69) is 25.8 Å². The number of nitrogens with one attached hydrogen (secondary N) is 2. The molecular formula is C18H17F3N6O3. The van der Waals surface area contributed by atoms with E-state index in [9.17, 15) is 18.0 Å². The van der Waals surface area contributed by atoms with Crippen molar-refractivity contribution in [2.75, 3.05) is 18.5 Å². The summed E-state index contributed by atoms with van der Waals surface area (Å²) in [6.45, 7) is -0.181. The molecule has 0 unspecified atom stereocenters. The number of amides is 1. The second kappa shape index (κ2) is 8.88. The zero-order valence-electron chi connectivity index (χ0n) is 15.3. The van der Waals surface area contributed by atoms with Gasteiger partial charge in [-0.2, -0.15) is 13.2 Å². The molecule has 5 N–H and O–H groups in total. The van der Waals surface area contributed by atoms with Crippen LogP contribution in [0, 0.1) is 0 Å². The number of anilines is 2. The summed E-state index contributed by atoms with van der Waals surface area (Å²) in [4.78, 5) is 15.9. The predicted molar refractivity (Wildman–Crippen MR) is 99.7 cm³/mol. The second-order valence-corrected chi connectivity index (χ2v) is 6.19. The highest BCUT2D eigenvalue weighted by atomic mass is 19.4. The number of nitrogens with zero attached hydrogens (tertiary/aromatic N) is 3. The number of benzene rings is 1. The molecule has 3 rings (SSSR count). The smallest absolute Gasteiger partial charge is 0.416 e. The molecule has 0 aliphatic rings. The maximum Gasteiger partial charge on any atom is 0.416 e. The van der Waals surface area contributed by atoms with Crippen LogP contribution in [0.3, 0.4) is 0 Å². The van der Waals surface area contributed by atoms with Gasteiger partial charge in [-0.3, -0.25) is 10.1 Å². The lowest BCUT2D eigenvalue weighted by Gasteiger charge is -2.09. The molecule has 158 valence electrons. The lowest BCUT2D eigenvalue weighted by atomic mass is 10.1. The maximum absolute atomic E-state index is 12.6. The summed E-state index contributed by atoms with van der Waals surface area (Å²) in [6, 6.07) is 6.81. The molecule has 0 spiro atoms. The van der Waals surface area contributed by atoms with Crippen molar-refractivity contribution in [1.29, 1.82) is 0 Å². The molecule has 0 aliphatic heterocycles. The third-order valence-electron chi connectivity index (χ3n) is 3.89. The Labute approximate surface area is 168 Å². The first-order chi connectivity index (χ1) is 14.3. The monoisotopic (exact) mass is 422 g/mol. The predicted octanol–water partition coefficient (Wildman–Crippen LogP) is 1.94. The fourth-order valence-electron chi connectivity index (χ4n) is 2.30. The zero-order valence-corrected chi connectivity index (χ0v) is 15.3. The molecule has 0 fully saturated rings. The Morgan fingerprint density at radius 2 is 1.90 bits per heavy atom. The Hall–Kier alpha value is -3.51. The van der Waals surface area contributed by atoms with E-state index in [1.165, 1.54) is 30.5 Å². The SMILES string of the molecule is N[C@@H](CO)CNC(=O)c1ccc(Nc2ncc(-c3ccc(C(F)(F)F)cc3)o2)nn1. The number of nitrogens with two attached hydrogens (primary N) is 1. The van der Waals surface area contributed by atoms with Crippen LogP contribution in [0.5, 0.6) is 0 Å². The van der Waals surface area contributed by atoms with Gasteiger partial charge in [-0.15, -0.1) is 10.2 Å². The quantitative estimate of drug-likeness (QED) is 0.453. The zero-order chi connectivity index (χ0) is 21.7. The van der Waals surface area contributed by atoms with Crippen LogP contribution in [0.2, 0.25) is 0 Å². The second-order valence-electron chi connectivity index (χ2n) is 6.19. The molecule has 1 aromatic carbocycles. The first kappa shape index (κ1) is 21.2. The minimum atomic E-state index is -4.42. The van der Waals surface area contributed by atoms with E-state index < -0.39 is 23.7 Å². The number of carbonyl (C=O) groups excluding carboxylic acids is 1. The number of halogens is 3. The van der Waals surface area contributed by atoms with E-state index in [0.717, 1.165) is 12.1 Å². The molecule has 2 heterocycles. The summed E-state index contributed by atoms with van der Waals surface area (Å²) < 4.78 is 43.4. The highest BCUT2D eigenvalue weighted by Gasteiger charge is 2.30. The number of oxazole rings is 1. The number of aromatic nitrogens is 3. The van der Waals surface area contributed by atoms with Gasteiger partial charge in [0, 0.05) is 18.2 Å². The minimum Gasteiger partial charge on any atom is -0.423 e. The van der Waals surface area contributed by atoms with Crippen molar-refractivity contribution in [3.05, 3.63) is 53.9 Å². The molecule has 0 saturated heterocycles. The number of hydrogen-bond donors (Lipinski definition) is 4. The van der Waals surface area contributed by atoms with E-state index in [1.807, 2.05) is 0 Å². The molecular weight excluding hydrogens is 405 g/mol. The van der Waals surface area contributed by atoms with Crippen molar-refractivity contribution >= 4 is 17.7 Å². The molecule has 0 saturated carbocycles. The number of aliphatic hydroxyl groups excluding tert-OH is 1. The molecule has 1 atom stereocenters. The van der Waals surface area contributed by atoms with Crippen LogP contribution in [-0.2, 0) is 6.18 Å². The van der Waals surface area contributed by atoms with E-state index >= 15 is 0 Å². The van der Waals surface area contributed by atoms with Gasteiger partial charge in [0.25, 0.3) is 5.91 Å². The van der Waals surface area contributed by atoms with Crippen molar-refractivity contribution in [3.8, 4) is 11.3 Å². The van der Waals surface area contributed by atoms with E-state index in [-0.39, 0.29) is 36.4 Å². The van der Waals surface area contributed by atoms with Gasteiger partial charge in [-0.25, -0.2) is 4.98 Å². The molecule has 0 bridgehead atoms. The lowest BCUT2D eigenvalue weighted by Crippen LogP contribution is -2.39. The van der Waals surface area contributed by atoms with Crippen LogP contribution in [0.1, 0.15) is 16.1 Å². The van der Waals surface area contributed by atoms with Gasteiger partial charge in [0.1, 0.15) is 0 Å². The van der Waals surface area contributed by atoms with Crippen molar-refractivity contribution < 1.29 is 27.5 Å². The topological polar surface area (TPSA) is 139 Å². The van der Waals surface area contributed by atoms with Crippen molar-refractivity contribution in [1.82, 2.24) is 20.5 Å². The first-order valence-electron chi connectivity index (χ1n) is 8.65. The van der Waals surface area contributed by atoms with Crippen LogP contribution in [-0.4, -0.2) is 45.4 Å². The summed E-state index contributed by atoms with van der Waals surface area (Å²) in [6.07, 6.45) is -3.07. The Morgan fingerprint density at radius 1 is 1.17 bits per heavy atom. The van der Waals surface area contributed by atoms with Crippen LogP contribution in [0.25, 0.3) is 11.3 Å². The Kier molecular flexibility index (Phi) is 6.28. The Bertz CT molecular complexity index is 990. The van der Waals surface area contributed by atoms with Crippen molar-refractivity contribution in [2.45, 2.75) is 12.2 Å². The number of rotatable bonds is 7. The fourth-order valence-corrected chi connectivity index (χ4v) is 2.30. The van der Waals surface area contributed by atoms with E-state index in [1.54, 1.807) is 0 Å². The maximum atomic E-state index is 12.6. The van der Waals surface area contributed by atoms with Crippen LogP contribution in [0.15, 0.2) is 47.0 Å². The molecule has 30 heavy (non-hydrogen) atoms. The van der Waals surface area contributed by atoms with Gasteiger partial charge in [0.2, 0.25) is 0 Å². The third kappa shape index (κ3) is 5.30. The minimum absolute atomic E-state index is 0.0449. The fraction of sp³-hybridized carbons (Fsp3) is 0.222. The Balaban J connectivity index is 1.62. The average molecular weight is 422 g/mol. The van der Waals surface area contributed by atoms with Crippen LogP contribution in [0.4, 0.5) is 25.0 Å². The average Bonchev–Trinajstić information content (AvgIpc) is 3.20. The van der Waals surface area contributed by atoms with Crippen LogP contribution < -0.4 is 16.4 Å². The highest BCUT2D eigenvalue weighted by molar-refractivity contribution is 5.92. The highest BCUT2D eigenvalue weighted by Crippen LogP contribution is 2.31. The Morgan fingerprint density at radius 3 is 2.50 bits per heavy atom. The summed E-state index contributed by atoms with van der Waals surface area (Å²) in [7, 11) is 0. The summed E-state index contributed by atoms with van der Waals surface area (Å²) >= 11 is 0. The van der Waals surface area contributed by atoms with Gasteiger partial charge in [0.15, 0.2) is 17.3 Å².